The van der Waals surface area contributed by atoms with Gasteiger partial charge in [0.05, 0.1) is 5.56 Å². The van der Waals surface area contributed by atoms with E-state index >= 15 is 0 Å². The molecule has 28 heavy (non-hydrogen) atoms. The molecule has 0 heterocycles. The van der Waals surface area contributed by atoms with Crippen LogP contribution in [0.3, 0.4) is 0 Å². The maximum absolute atomic E-state index is 12.6. The minimum Gasteiger partial charge on any atom is -0.444 e. The Balaban J connectivity index is 1.81. The number of anilines is 1. The van der Waals surface area contributed by atoms with Crippen molar-refractivity contribution in [2.75, 3.05) is 5.32 Å². The zero-order chi connectivity index (χ0) is 20.6. The third-order valence-corrected chi connectivity index (χ3v) is 3.96. The Bertz CT molecular complexity index is 778. The molecule has 5 nitrogen and oxygen atoms in total. The summed E-state index contributed by atoms with van der Waals surface area (Å²) in [6.07, 6.45) is -4.74. The SMILES string of the molecule is CC[C@H](CC(=O)NC(=O)OCc1ccccc1)Nc1ccc(C(F)(F)F)cc1. The first kappa shape index (κ1) is 21.3. The molecule has 2 N–H and O–H groups in total. The second-order valence-electron chi connectivity index (χ2n) is 6.14. The molecule has 0 fully saturated rings. The van der Waals surface area contributed by atoms with E-state index in [4.69, 9.17) is 4.74 Å². The Hall–Kier alpha value is -3.03. The van der Waals surface area contributed by atoms with Crippen LogP contribution in [0.1, 0.15) is 30.9 Å². The Morgan fingerprint density at radius 3 is 2.25 bits per heavy atom. The van der Waals surface area contributed by atoms with E-state index in [1.807, 2.05) is 13.0 Å². The van der Waals surface area contributed by atoms with Gasteiger partial charge in [0.15, 0.2) is 0 Å². The highest BCUT2D eigenvalue weighted by molar-refractivity contribution is 5.92. The van der Waals surface area contributed by atoms with E-state index in [0.29, 0.717) is 12.1 Å². The predicted molar refractivity (Wildman–Crippen MR) is 98.5 cm³/mol. The molecule has 0 aliphatic rings. The highest BCUT2D eigenvalue weighted by Crippen LogP contribution is 2.30. The molecule has 0 aliphatic heterocycles. The standard InChI is InChI=1S/C20H21F3N2O3/c1-2-16(24-17-10-8-15(9-11-17)20(21,22)23)12-18(26)25-19(27)28-13-14-6-4-3-5-7-14/h3-11,16,24H,2,12-13H2,1H3,(H,25,26,27)/t16-/m1/s1. The van der Waals surface area contributed by atoms with E-state index in [1.54, 1.807) is 24.3 Å². The van der Waals surface area contributed by atoms with Crippen molar-refractivity contribution >= 4 is 17.7 Å². The molecule has 0 aromatic heterocycles. The van der Waals surface area contributed by atoms with Crippen LogP contribution in [0.25, 0.3) is 0 Å². The quantitative estimate of drug-likeness (QED) is 0.712. The number of hydrogen-bond donors (Lipinski definition) is 2. The molecule has 2 aromatic rings. The van der Waals surface area contributed by atoms with Crippen molar-refractivity contribution in [3.05, 3.63) is 65.7 Å². The molecule has 0 saturated carbocycles. The molecule has 1 atom stereocenters. The number of amides is 2. The number of hydrogen-bond acceptors (Lipinski definition) is 4. The van der Waals surface area contributed by atoms with Crippen LogP contribution in [0.4, 0.5) is 23.7 Å². The lowest BCUT2D eigenvalue weighted by molar-refractivity contribution is -0.137. The number of nitrogens with one attached hydrogen (secondary N) is 2. The number of alkyl carbamates (subject to hydrolysis) is 1. The molecule has 0 radical (unpaired) electrons. The molecule has 0 spiro atoms. The molecular weight excluding hydrogens is 373 g/mol. The number of benzene rings is 2. The lowest BCUT2D eigenvalue weighted by atomic mass is 10.1. The highest BCUT2D eigenvalue weighted by atomic mass is 19.4. The Labute approximate surface area is 160 Å². The fourth-order valence-electron chi connectivity index (χ4n) is 2.44. The van der Waals surface area contributed by atoms with Crippen LogP contribution in [-0.4, -0.2) is 18.0 Å². The first-order valence-corrected chi connectivity index (χ1v) is 8.72. The second-order valence-corrected chi connectivity index (χ2v) is 6.14. The van der Waals surface area contributed by atoms with Crippen LogP contribution < -0.4 is 10.6 Å². The average molecular weight is 394 g/mol. The van der Waals surface area contributed by atoms with Crippen molar-refractivity contribution in [2.45, 2.75) is 38.6 Å². The number of ether oxygens (including phenoxy) is 1. The summed E-state index contributed by atoms with van der Waals surface area (Å²) >= 11 is 0. The summed E-state index contributed by atoms with van der Waals surface area (Å²) < 4.78 is 42.8. The maximum atomic E-state index is 12.6. The summed E-state index contributed by atoms with van der Waals surface area (Å²) in [4.78, 5) is 23.7. The van der Waals surface area contributed by atoms with Crippen molar-refractivity contribution in [1.29, 1.82) is 0 Å². The van der Waals surface area contributed by atoms with Gasteiger partial charge in [0.25, 0.3) is 0 Å². The zero-order valence-electron chi connectivity index (χ0n) is 15.3. The van der Waals surface area contributed by atoms with Crippen LogP contribution in [0.5, 0.6) is 0 Å². The fraction of sp³-hybridized carbons (Fsp3) is 0.300. The average Bonchev–Trinajstić information content (AvgIpc) is 2.66. The van der Waals surface area contributed by atoms with Crippen LogP contribution in [-0.2, 0) is 22.3 Å². The van der Waals surface area contributed by atoms with Gasteiger partial charge in [-0.1, -0.05) is 37.3 Å². The van der Waals surface area contributed by atoms with Gasteiger partial charge >= 0.3 is 12.3 Å². The summed E-state index contributed by atoms with van der Waals surface area (Å²) in [5.41, 5.74) is 0.504. The highest BCUT2D eigenvalue weighted by Gasteiger charge is 2.30. The van der Waals surface area contributed by atoms with Crippen LogP contribution in [0.15, 0.2) is 54.6 Å². The lowest BCUT2D eigenvalue weighted by Gasteiger charge is -2.18. The maximum Gasteiger partial charge on any atom is 0.416 e. The number of alkyl halides is 3. The Kier molecular flexibility index (Phi) is 7.43. The van der Waals surface area contributed by atoms with Gasteiger partial charge in [0, 0.05) is 18.2 Å². The topological polar surface area (TPSA) is 67.4 Å². The van der Waals surface area contributed by atoms with Crippen LogP contribution in [0.2, 0.25) is 0 Å². The number of imide groups is 1. The van der Waals surface area contributed by atoms with Gasteiger partial charge in [0.1, 0.15) is 6.61 Å². The van der Waals surface area contributed by atoms with E-state index in [2.05, 4.69) is 10.6 Å². The Morgan fingerprint density at radius 1 is 1.04 bits per heavy atom. The molecule has 0 aliphatic carbocycles. The van der Waals surface area contributed by atoms with Gasteiger partial charge in [-0.2, -0.15) is 13.2 Å². The number of rotatable bonds is 7. The summed E-state index contributed by atoms with van der Waals surface area (Å²) in [5.74, 6) is -0.538. The third-order valence-electron chi connectivity index (χ3n) is 3.96. The minimum absolute atomic E-state index is 0.0298. The van der Waals surface area contributed by atoms with Crippen molar-refractivity contribution in [3.63, 3.8) is 0 Å². The van der Waals surface area contributed by atoms with Gasteiger partial charge in [-0.15, -0.1) is 0 Å². The molecule has 2 amide bonds. The van der Waals surface area contributed by atoms with E-state index < -0.39 is 23.7 Å². The van der Waals surface area contributed by atoms with E-state index in [1.165, 1.54) is 12.1 Å². The number of halogens is 3. The third kappa shape index (κ3) is 6.94. The van der Waals surface area contributed by atoms with Crippen molar-refractivity contribution in [2.24, 2.45) is 0 Å². The molecule has 0 unspecified atom stereocenters. The van der Waals surface area contributed by atoms with Gasteiger partial charge in [-0.25, -0.2) is 4.79 Å². The van der Waals surface area contributed by atoms with Crippen molar-refractivity contribution < 1.29 is 27.5 Å². The van der Waals surface area contributed by atoms with E-state index in [-0.39, 0.29) is 19.1 Å². The first-order valence-electron chi connectivity index (χ1n) is 8.72. The van der Waals surface area contributed by atoms with Crippen molar-refractivity contribution in [1.82, 2.24) is 5.32 Å². The van der Waals surface area contributed by atoms with Gasteiger partial charge < -0.3 is 10.1 Å². The normalized spacial score (nSPS) is 12.1. The second kappa shape index (κ2) is 9.77. The molecule has 8 heteroatoms. The molecule has 150 valence electrons. The van der Waals surface area contributed by atoms with Crippen molar-refractivity contribution in [3.8, 4) is 0 Å². The molecule has 2 aromatic carbocycles. The lowest BCUT2D eigenvalue weighted by Crippen LogP contribution is -2.35. The fourth-order valence-corrected chi connectivity index (χ4v) is 2.44. The molecular formula is C20H21F3N2O3. The largest absolute Gasteiger partial charge is 0.444 e. The minimum atomic E-state index is -4.40. The van der Waals surface area contributed by atoms with Crippen LogP contribution in [0, 0.1) is 0 Å². The van der Waals surface area contributed by atoms with Gasteiger partial charge in [0.2, 0.25) is 5.91 Å². The van der Waals surface area contributed by atoms with E-state index in [0.717, 1.165) is 17.7 Å². The number of carbonyl (C=O) groups is 2. The zero-order valence-corrected chi connectivity index (χ0v) is 15.3. The smallest absolute Gasteiger partial charge is 0.416 e. The molecule has 0 bridgehead atoms. The summed E-state index contributed by atoms with van der Waals surface area (Å²) in [7, 11) is 0. The summed E-state index contributed by atoms with van der Waals surface area (Å²) in [6, 6.07) is 13.2. The van der Waals surface area contributed by atoms with Gasteiger partial charge in [-0.3, -0.25) is 10.1 Å². The summed E-state index contributed by atoms with van der Waals surface area (Å²) in [5, 5.41) is 5.13. The first-order chi connectivity index (χ1) is 13.3. The van der Waals surface area contributed by atoms with Gasteiger partial charge in [-0.05, 0) is 36.2 Å². The molecule has 2 rings (SSSR count). The number of carbonyl (C=O) groups excluding carboxylic acids is 2. The van der Waals surface area contributed by atoms with E-state index in [9.17, 15) is 22.8 Å². The van der Waals surface area contributed by atoms with Crippen LogP contribution >= 0.6 is 0 Å². The Morgan fingerprint density at radius 2 is 1.68 bits per heavy atom. The predicted octanol–water partition coefficient (Wildman–Crippen LogP) is 4.74. The summed E-state index contributed by atoms with van der Waals surface area (Å²) in [6.45, 7) is 1.86. The molecule has 0 saturated heterocycles. The monoisotopic (exact) mass is 394 g/mol.